The number of ether oxygens (including phenoxy) is 1. The summed E-state index contributed by atoms with van der Waals surface area (Å²) in [5.41, 5.74) is 0. The van der Waals surface area contributed by atoms with Crippen LogP contribution in [0.1, 0.15) is 20.3 Å². The molecule has 1 aliphatic heterocycles. The van der Waals surface area contributed by atoms with Gasteiger partial charge in [0.2, 0.25) is 5.91 Å². The number of hydrogen-bond acceptors (Lipinski definition) is 2. The number of carbonyl (C=O) groups excluding carboxylic acids is 1. The molecular weight excluding hydrogens is 142 g/mol. The Morgan fingerprint density at radius 2 is 2.55 bits per heavy atom. The van der Waals surface area contributed by atoms with E-state index in [-0.39, 0.29) is 18.6 Å². The first-order valence-electron chi connectivity index (χ1n) is 4.11. The molecule has 1 aliphatic rings. The number of rotatable bonds is 2. The molecule has 3 nitrogen and oxygen atoms in total. The van der Waals surface area contributed by atoms with E-state index in [4.69, 9.17) is 4.74 Å². The summed E-state index contributed by atoms with van der Waals surface area (Å²) in [7, 11) is 0. The molecule has 0 aromatic heterocycles. The van der Waals surface area contributed by atoms with Gasteiger partial charge in [0.25, 0.3) is 0 Å². The lowest BCUT2D eigenvalue weighted by atomic mass is 9.99. The number of nitrogens with one attached hydrogen (secondary N) is 1. The van der Waals surface area contributed by atoms with Crippen LogP contribution in [0.4, 0.5) is 0 Å². The van der Waals surface area contributed by atoms with Crippen molar-refractivity contribution in [2.24, 2.45) is 5.92 Å². The fourth-order valence-electron chi connectivity index (χ4n) is 1.16. The summed E-state index contributed by atoms with van der Waals surface area (Å²) < 4.78 is 5.11. The minimum Gasteiger partial charge on any atom is -0.370 e. The maximum atomic E-state index is 10.9. The van der Waals surface area contributed by atoms with Crippen LogP contribution in [0.3, 0.4) is 0 Å². The van der Waals surface area contributed by atoms with Crippen LogP contribution in [0, 0.1) is 5.92 Å². The Morgan fingerprint density at radius 3 is 3.09 bits per heavy atom. The molecule has 1 saturated heterocycles. The van der Waals surface area contributed by atoms with Crippen molar-refractivity contribution in [1.82, 2.24) is 5.32 Å². The summed E-state index contributed by atoms with van der Waals surface area (Å²) in [6, 6.07) is 0.223. The summed E-state index contributed by atoms with van der Waals surface area (Å²) in [6.07, 6.45) is 1.08. The van der Waals surface area contributed by atoms with Gasteiger partial charge in [0.05, 0.1) is 12.6 Å². The number of hydrogen-bond donors (Lipinski definition) is 1. The van der Waals surface area contributed by atoms with Crippen molar-refractivity contribution in [1.29, 1.82) is 0 Å². The lowest BCUT2D eigenvalue weighted by Crippen LogP contribution is -2.48. The van der Waals surface area contributed by atoms with E-state index >= 15 is 0 Å². The second-order valence-electron chi connectivity index (χ2n) is 3.07. The average Bonchev–Trinajstić information content (AvgIpc) is 2.03. The highest BCUT2D eigenvalue weighted by atomic mass is 16.5. The third-order valence-corrected chi connectivity index (χ3v) is 2.21. The first-order valence-corrected chi connectivity index (χ1v) is 4.11. The Balaban J connectivity index is 2.39. The highest BCUT2D eigenvalue weighted by Crippen LogP contribution is 2.10. The van der Waals surface area contributed by atoms with E-state index in [1.807, 2.05) is 0 Å². The van der Waals surface area contributed by atoms with Crippen LogP contribution < -0.4 is 5.32 Å². The highest BCUT2D eigenvalue weighted by Gasteiger charge is 2.22. The molecule has 0 bridgehead atoms. The van der Waals surface area contributed by atoms with Gasteiger partial charge in [-0.3, -0.25) is 4.79 Å². The van der Waals surface area contributed by atoms with Gasteiger partial charge in [-0.1, -0.05) is 20.3 Å². The van der Waals surface area contributed by atoms with Crippen LogP contribution in [-0.2, 0) is 9.53 Å². The fourth-order valence-corrected chi connectivity index (χ4v) is 1.16. The van der Waals surface area contributed by atoms with E-state index in [9.17, 15) is 4.79 Å². The molecule has 0 aliphatic carbocycles. The van der Waals surface area contributed by atoms with Crippen molar-refractivity contribution in [3.8, 4) is 0 Å². The first-order chi connectivity index (χ1) is 5.24. The topological polar surface area (TPSA) is 38.3 Å². The van der Waals surface area contributed by atoms with Crippen LogP contribution in [0.5, 0.6) is 0 Å². The van der Waals surface area contributed by atoms with Crippen LogP contribution in [0.25, 0.3) is 0 Å². The summed E-state index contributed by atoms with van der Waals surface area (Å²) >= 11 is 0. The van der Waals surface area contributed by atoms with Gasteiger partial charge >= 0.3 is 0 Å². The molecule has 0 radical (unpaired) electrons. The zero-order valence-corrected chi connectivity index (χ0v) is 7.09. The molecule has 0 unspecified atom stereocenters. The summed E-state index contributed by atoms with van der Waals surface area (Å²) in [6.45, 7) is 5.14. The third-order valence-electron chi connectivity index (χ3n) is 2.21. The minimum atomic E-state index is 0.0153. The van der Waals surface area contributed by atoms with Gasteiger partial charge in [-0.05, 0) is 5.92 Å². The Kier molecular flexibility index (Phi) is 2.88. The first kappa shape index (κ1) is 8.53. The largest absolute Gasteiger partial charge is 0.370 e. The van der Waals surface area contributed by atoms with E-state index in [0.29, 0.717) is 12.5 Å². The number of amides is 1. The van der Waals surface area contributed by atoms with Crippen LogP contribution in [-0.4, -0.2) is 25.2 Å². The lowest BCUT2D eigenvalue weighted by molar-refractivity contribution is -0.132. The molecule has 0 saturated carbocycles. The Bertz CT molecular complexity index is 147. The molecule has 1 heterocycles. The Labute approximate surface area is 67.1 Å². The van der Waals surface area contributed by atoms with Crippen molar-refractivity contribution >= 4 is 5.91 Å². The lowest BCUT2D eigenvalue weighted by Gasteiger charge is -2.27. The molecule has 1 rings (SSSR count). The normalized spacial score (nSPS) is 27.8. The molecule has 1 N–H and O–H groups in total. The maximum Gasteiger partial charge on any atom is 0.246 e. The van der Waals surface area contributed by atoms with Crippen molar-refractivity contribution in [3.05, 3.63) is 0 Å². The number of carbonyl (C=O) groups is 1. The van der Waals surface area contributed by atoms with Gasteiger partial charge in [-0.25, -0.2) is 0 Å². The number of morpholine rings is 1. The second kappa shape index (κ2) is 3.72. The summed E-state index contributed by atoms with van der Waals surface area (Å²) in [4.78, 5) is 10.9. The highest BCUT2D eigenvalue weighted by molar-refractivity contribution is 5.78. The molecule has 3 heteroatoms. The average molecular weight is 157 g/mol. The van der Waals surface area contributed by atoms with Gasteiger partial charge in [-0.2, -0.15) is 0 Å². The van der Waals surface area contributed by atoms with Crippen LogP contribution >= 0.6 is 0 Å². The van der Waals surface area contributed by atoms with E-state index in [1.165, 1.54) is 0 Å². The third kappa shape index (κ3) is 2.19. The van der Waals surface area contributed by atoms with Crippen molar-refractivity contribution in [2.45, 2.75) is 26.3 Å². The van der Waals surface area contributed by atoms with Crippen molar-refractivity contribution in [3.63, 3.8) is 0 Å². The maximum absolute atomic E-state index is 10.9. The van der Waals surface area contributed by atoms with E-state index in [1.54, 1.807) is 0 Å². The summed E-state index contributed by atoms with van der Waals surface area (Å²) in [5, 5.41) is 2.90. The van der Waals surface area contributed by atoms with Crippen LogP contribution in [0.15, 0.2) is 0 Å². The smallest absolute Gasteiger partial charge is 0.246 e. The van der Waals surface area contributed by atoms with Gasteiger partial charge in [0.15, 0.2) is 0 Å². The van der Waals surface area contributed by atoms with Gasteiger partial charge in [0.1, 0.15) is 6.61 Å². The predicted molar refractivity (Wildman–Crippen MR) is 42.2 cm³/mol. The monoisotopic (exact) mass is 157 g/mol. The van der Waals surface area contributed by atoms with Gasteiger partial charge in [0, 0.05) is 0 Å². The van der Waals surface area contributed by atoms with Crippen LogP contribution in [0.2, 0.25) is 0 Å². The van der Waals surface area contributed by atoms with E-state index in [0.717, 1.165) is 6.42 Å². The standard InChI is InChI=1S/C8H15NO2/c1-3-6(2)7-4-11-5-8(10)9-7/h6-7H,3-5H2,1-2H3,(H,9,10)/t6-,7-/m1/s1. The van der Waals surface area contributed by atoms with Gasteiger partial charge in [-0.15, -0.1) is 0 Å². The predicted octanol–water partition coefficient (Wildman–Crippen LogP) is 0.547. The zero-order valence-electron chi connectivity index (χ0n) is 7.09. The molecule has 11 heavy (non-hydrogen) atoms. The quantitative estimate of drug-likeness (QED) is 0.635. The molecule has 0 aromatic carbocycles. The molecule has 1 amide bonds. The Hall–Kier alpha value is -0.570. The van der Waals surface area contributed by atoms with Crippen molar-refractivity contribution in [2.75, 3.05) is 13.2 Å². The fraction of sp³-hybridized carbons (Fsp3) is 0.875. The SMILES string of the molecule is CC[C@@H](C)[C@H]1COCC(=O)N1. The van der Waals surface area contributed by atoms with Crippen molar-refractivity contribution < 1.29 is 9.53 Å². The summed E-state index contributed by atoms with van der Waals surface area (Å²) in [5.74, 6) is 0.529. The van der Waals surface area contributed by atoms with E-state index in [2.05, 4.69) is 19.2 Å². The molecule has 1 fully saturated rings. The molecule has 64 valence electrons. The minimum absolute atomic E-state index is 0.0153. The molecule has 0 spiro atoms. The Morgan fingerprint density at radius 1 is 1.82 bits per heavy atom. The van der Waals surface area contributed by atoms with E-state index < -0.39 is 0 Å². The molecule has 0 aromatic rings. The van der Waals surface area contributed by atoms with Gasteiger partial charge < -0.3 is 10.1 Å². The molecule has 2 atom stereocenters. The molecular formula is C8H15NO2. The zero-order chi connectivity index (χ0) is 8.27. The second-order valence-corrected chi connectivity index (χ2v) is 3.07.